The molecule has 0 spiro atoms. The molecular formula is C28H24N4OS2. The van der Waals surface area contributed by atoms with E-state index in [1.165, 1.54) is 28.7 Å². The second-order valence-electron chi connectivity index (χ2n) is 8.12. The van der Waals surface area contributed by atoms with Crippen LogP contribution in [0, 0.1) is 13.8 Å². The summed E-state index contributed by atoms with van der Waals surface area (Å²) in [6.45, 7) is 4.09. The summed E-state index contributed by atoms with van der Waals surface area (Å²) in [6.07, 6.45) is 0. The van der Waals surface area contributed by atoms with E-state index in [1.807, 2.05) is 55.5 Å². The van der Waals surface area contributed by atoms with Crippen LogP contribution in [0.4, 0.5) is 5.13 Å². The molecule has 0 aliphatic heterocycles. The molecule has 0 fully saturated rings. The number of nitrogens with zero attached hydrogens (tertiary/aromatic N) is 2. The number of benzene rings is 3. The van der Waals surface area contributed by atoms with Gasteiger partial charge in [0.2, 0.25) is 5.91 Å². The van der Waals surface area contributed by atoms with Crippen molar-refractivity contribution < 1.29 is 4.79 Å². The van der Waals surface area contributed by atoms with Gasteiger partial charge in [0.1, 0.15) is 0 Å². The number of nitrogens with one attached hydrogen (secondary N) is 2. The Bertz CT molecular complexity index is 1380. The third-order valence-electron chi connectivity index (χ3n) is 5.50. The second-order valence-corrected chi connectivity index (χ2v) is 10.3. The molecular weight excluding hydrogens is 472 g/mol. The van der Waals surface area contributed by atoms with E-state index >= 15 is 0 Å². The minimum absolute atomic E-state index is 0.113. The number of hydrogen-bond acceptors (Lipinski definition) is 5. The van der Waals surface area contributed by atoms with E-state index in [0.717, 1.165) is 38.6 Å². The topological polar surface area (TPSA) is 70.7 Å². The van der Waals surface area contributed by atoms with Crippen LogP contribution in [0.1, 0.15) is 10.4 Å². The molecule has 5 rings (SSSR count). The molecule has 3 aromatic carbocycles. The highest BCUT2D eigenvalue weighted by molar-refractivity contribution is 7.99. The van der Waals surface area contributed by atoms with Crippen molar-refractivity contribution in [1.82, 2.24) is 15.0 Å². The minimum Gasteiger partial charge on any atom is -0.332 e. The van der Waals surface area contributed by atoms with Crippen LogP contribution < -0.4 is 5.32 Å². The largest absolute Gasteiger partial charge is 0.332 e. The number of aryl methyl sites for hydroxylation is 2. The first-order valence-electron chi connectivity index (χ1n) is 11.2. The van der Waals surface area contributed by atoms with Gasteiger partial charge in [0.25, 0.3) is 0 Å². The lowest BCUT2D eigenvalue weighted by Crippen LogP contribution is -2.13. The van der Waals surface area contributed by atoms with Crippen molar-refractivity contribution in [3.05, 3.63) is 95.4 Å². The Morgan fingerprint density at radius 1 is 0.829 bits per heavy atom. The number of aromatic nitrogens is 3. The van der Waals surface area contributed by atoms with Crippen LogP contribution in [-0.4, -0.2) is 26.6 Å². The number of rotatable bonds is 7. The molecule has 35 heavy (non-hydrogen) atoms. The lowest BCUT2D eigenvalue weighted by Gasteiger charge is -2.02. The fourth-order valence-electron chi connectivity index (χ4n) is 3.76. The average Bonchev–Trinajstić information content (AvgIpc) is 3.48. The zero-order chi connectivity index (χ0) is 24.2. The van der Waals surface area contributed by atoms with Crippen molar-refractivity contribution in [2.45, 2.75) is 19.0 Å². The summed E-state index contributed by atoms with van der Waals surface area (Å²) >= 11 is 2.87. The van der Waals surface area contributed by atoms with Crippen molar-refractivity contribution in [1.29, 1.82) is 0 Å². The third kappa shape index (κ3) is 5.37. The molecule has 7 heteroatoms. The van der Waals surface area contributed by atoms with E-state index in [2.05, 4.69) is 58.6 Å². The van der Waals surface area contributed by atoms with Crippen LogP contribution in [0.3, 0.4) is 0 Å². The van der Waals surface area contributed by atoms with Crippen molar-refractivity contribution in [2.24, 2.45) is 0 Å². The van der Waals surface area contributed by atoms with Gasteiger partial charge >= 0.3 is 0 Å². The van der Waals surface area contributed by atoms with Crippen molar-refractivity contribution in [3.8, 4) is 33.8 Å². The summed E-state index contributed by atoms with van der Waals surface area (Å²) in [4.78, 5) is 26.7. The summed E-state index contributed by atoms with van der Waals surface area (Å²) in [5.74, 6) is 0.118. The van der Waals surface area contributed by atoms with Crippen LogP contribution in [0.2, 0.25) is 0 Å². The summed E-state index contributed by atoms with van der Waals surface area (Å²) in [7, 11) is 0. The Morgan fingerprint density at radius 3 is 2.14 bits per heavy atom. The number of thiazole rings is 1. The van der Waals surface area contributed by atoms with Gasteiger partial charge in [0.05, 0.1) is 22.8 Å². The van der Waals surface area contributed by atoms with Gasteiger partial charge in [0.15, 0.2) is 10.3 Å². The van der Waals surface area contributed by atoms with E-state index in [0.29, 0.717) is 10.3 Å². The summed E-state index contributed by atoms with van der Waals surface area (Å²) in [5.41, 5.74) is 7.06. The van der Waals surface area contributed by atoms with Gasteiger partial charge in [-0.05, 0) is 13.8 Å². The molecule has 2 N–H and O–H groups in total. The van der Waals surface area contributed by atoms with Crippen molar-refractivity contribution in [3.63, 3.8) is 0 Å². The molecule has 0 bridgehead atoms. The number of aromatic amines is 1. The molecule has 0 atom stereocenters. The van der Waals surface area contributed by atoms with Crippen LogP contribution in [-0.2, 0) is 4.79 Å². The second kappa shape index (κ2) is 10.3. The number of anilines is 1. The number of imidazole rings is 1. The van der Waals surface area contributed by atoms with Crippen LogP contribution in [0.25, 0.3) is 33.8 Å². The maximum Gasteiger partial charge on any atom is 0.236 e. The van der Waals surface area contributed by atoms with Gasteiger partial charge in [-0.2, -0.15) is 0 Å². The maximum atomic E-state index is 12.7. The van der Waals surface area contributed by atoms with Gasteiger partial charge in [-0.1, -0.05) is 102 Å². The normalized spacial score (nSPS) is 10.9. The van der Waals surface area contributed by atoms with E-state index in [1.54, 1.807) is 0 Å². The Morgan fingerprint density at radius 2 is 1.46 bits per heavy atom. The SMILES string of the molecule is Cc1ccc(-c2nc(NC(=O)CSc3nc(-c4ccccc4)c(-c4ccccc4)[nH]3)sc2C)cc1. The molecule has 2 aromatic heterocycles. The Labute approximate surface area is 212 Å². The van der Waals surface area contributed by atoms with Crippen molar-refractivity contribution in [2.75, 3.05) is 11.1 Å². The maximum absolute atomic E-state index is 12.7. The third-order valence-corrected chi connectivity index (χ3v) is 7.26. The quantitative estimate of drug-likeness (QED) is 0.234. The number of amides is 1. The molecule has 5 aromatic rings. The molecule has 0 radical (unpaired) electrons. The molecule has 0 aliphatic carbocycles. The average molecular weight is 497 g/mol. The number of hydrogen-bond donors (Lipinski definition) is 2. The van der Waals surface area contributed by atoms with E-state index in [-0.39, 0.29) is 11.7 Å². The Balaban J connectivity index is 1.30. The first kappa shape index (κ1) is 23.1. The molecule has 2 heterocycles. The van der Waals surface area contributed by atoms with Gasteiger partial charge in [-0.25, -0.2) is 9.97 Å². The highest BCUT2D eigenvalue weighted by atomic mass is 32.2. The van der Waals surface area contributed by atoms with E-state index < -0.39 is 0 Å². The number of carbonyl (C=O) groups excluding carboxylic acids is 1. The van der Waals surface area contributed by atoms with Gasteiger partial charge in [-0.15, -0.1) is 11.3 Å². The van der Waals surface area contributed by atoms with Crippen LogP contribution in [0.5, 0.6) is 0 Å². The summed E-state index contributed by atoms with van der Waals surface area (Å²) < 4.78 is 0. The first-order valence-corrected chi connectivity index (χ1v) is 13.0. The predicted molar refractivity (Wildman–Crippen MR) is 146 cm³/mol. The Kier molecular flexibility index (Phi) is 6.79. The molecule has 0 aliphatic rings. The van der Waals surface area contributed by atoms with E-state index in [4.69, 9.17) is 4.98 Å². The first-order chi connectivity index (χ1) is 17.1. The van der Waals surface area contributed by atoms with Crippen LogP contribution >= 0.6 is 23.1 Å². The minimum atomic E-state index is -0.113. The fraction of sp³-hybridized carbons (Fsp3) is 0.107. The van der Waals surface area contributed by atoms with E-state index in [9.17, 15) is 4.79 Å². The molecule has 174 valence electrons. The lowest BCUT2D eigenvalue weighted by molar-refractivity contribution is -0.113. The molecule has 0 saturated heterocycles. The number of thioether (sulfide) groups is 1. The number of carbonyl (C=O) groups is 1. The zero-order valence-electron chi connectivity index (χ0n) is 19.4. The molecule has 0 unspecified atom stereocenters. The fourth-order valence-corrected chi connectivity index (χ4v) is 5.28. The smallest absolute Gasteiger partial charge is 0.236 e. The predicted octanol–water partition coefficient (Wildman–Crippen LogP) is 7.21. The highest BCUT2D eigenvalue weighted by Crippen LogP contribution is 2.33. The standard InChI is InChI=1S/C28H24N4OS2/c1-18-13-15-22(16-14-18)24-19(2)35-28(30-24)29-23(33)17-34-27-31-25(20-9-5-3-6-10-20)26(32-27)21-11-7-4-8-12-21/h3-16H,17H2,1-2H3,(H,31,32)(H,29,30,33). The Hall–Kier alpha value is -3.68. The zero-order valence-corrected chi connectivity index (χ0v) is 21.0. The summed E-state index contributed by atoms with van der Waals surface area (Å²) in [5, 5.41) is 4.26. The highest BCUT2D eigenvalue weighted by Gasteiger charge is 2.16. The van der Waals surface area contributed by atoms with Gasteiger partial charge < -0.3 is 10.3 Å². The number of H-pyrrole nitrogens is 1. The van der Waals surface area contributed by atoms with Crippen molar-refractivity contribution >= 4 is 34.1 Å². The summed E-state index contributed by atoms with van der Waals surface area (Å²) in [6, 6.07) is 28.4. The monoisotopic (exact) mass is 496 g/mol. The van der Waals surface area contributed by atoms with Gasteiger partial charge in [-0.3, -0.25) is 4.79 Å². The molecule has 0 saturated carbocycles. The van der Waals surface area contributed by atoms with Crippen LogP contribution in [0.15, 0.2) is 90.1 Å². The molecule has 1 amide bonds. The van der Waals surface area contributed by atoms with Gasteiger partial charge in [0, 0.05) is 21.6 Å². The lowest BCUT2D eigenvalue weighted by atomic mass is 10.1. The molecule has 5 nitrogen and oxygen atoms in total.